The Balaban J connectivity index is 3.04. The highest BCUT2D eigenvalue weighted by atomic mass is 32.2. The van der Waals surface area contributed by atoms with E-state index >= 15 is 0 Å². The average molecular weight is 271 g/mol. The monoisotopic (exact) mass is 271 g/mol. The summed E-state index contributed by atoms with van der Waals surface area (Å²) < 4.78 is 26.1. The van der Waals surface area contributed by atoms with Crippen molar-refractivity contribution >= 4 is 10.0 Å². The summed E-state index contributed by atoms with van der Waals surface area (Å²) in [4.78, 5) is 0.280. The van der Waals surface area contributed by atoms with Crippen LogP contribution in [0.4, 0.5) is 0 Å². The number of hydrogen-bond acceptors (Lipinski definition) is 3. The molecule has 0 saturated heterocycles. The fourth-order valence-corrected chi connectivity index (χ4v) is 3.33. The van der Waals surface area contributed by atoms with E-state index in [0.29, 0.717) is 6.54 Å². The number of nitrogens with zero attached hydrogens (tertiary/aromatic N) is 1. The average Bonchev–Trinajstić information content (AvgIpc) is 2.28. The first-order valence-corrected chi connectivity index (χ1v) is 7.56. The SMILES string of the molecule is CCCN(C[C@H](C)O)S(=O)(=O)c1ccc(C)cc1. The molecule has 1 atom stereocenters. The molecule has 5 heteroatoms. The zero-order valence-corrected chi connectivity index (χ0v) is 11.9. The number of hydrogen-bond donors (Lipinski definition) is 1. The second kappa shape index (κ2) is 6.31. The largest absolute Gasteiger partial charge is 0.392 e. The fourth-order valence-electron chi connectivity index (χ4n) is 1.71. The second-order valence-corrected chi connectivity index (χ2v) is 6.46. The number of sulfonamides is 1. The minimum Gasteiger partial charge on any atom is -0.392 e. The van der Waals surface area contributed by atoms with Crippen molar-refractivity contribution in [2.24, 2.45) is 0 Å². The summed E-state index contributed by atoms with van der Waals surface area (Å²) >= 11 is 0. The first-order valence-electron chi connectivity index (χ1n) is 6.12. The molecule has 0 spiro atoms. The molecule has 102 valence electrons. The molecule has 1 N–H and O–H groups in total. The Morgan fingerprint density at radius 3 is 2.28 bits per heavy atom. The summed E-state index contributed by atoms with van der Waals surface area (Å²) in [5.74, 6) is 0. The molecule has 0 aromatic heterocycles. The van der Waals surface area contributed by atoms with E-state index in [1.807, 2.05) is 13.8 Å². The Labute approximate surface area is 109 Å². The molecule has 0 radical (unpaired) electrons. The zero-order valence-electron chi connectivity index (χ0n) is 11.1. The van der Waals surface area contributed by atoms with Crippen molar-refractivity contribution in [3.05, 3.63) is 29.8 Å². The first kappa shape index (κ1) is 15.1. The van der Waals surface area contributed by atoms with Crippen LogP contribution in [-0.2, 0) is 10.0 Å². The molecule has 0 aliphatic carbocycles. The maximum Gasteiger partial charge on any atom is 0.243 e. The van der Waals surface area contributed by atoms with Crippen LogP contribution >= 0.6 is 0 Å². The van der Waals surface area contributed by atoms with Gasteiger partial charge in [0.15, 0.2) is 0 Å². The molecule has 0 saturated carbocycles. The molecule has 1 rings (SSSR count). The van der Waals surface area contributed by atoms with Gasteiger partial charge in [-0.1, -0.05) is 24.6 Å². The van der Waals surface area contributed by atoms with Gasteiger partial charge in [0.2, 0.25) is 10.0 Å². The molecular formula is C13H21NO3S. The van der Waals surface area contributed by atoms with Crippen LogP contribution in [0, 0.1) is 6.92 Å². The van der Waals surface area contributed by atoms with Crippen molar-refractivity contribution in [3.8, 4) is 0 Å². The van der Waals surface area contributed by atoms with Crippen molar-refractivity contribution in [2.75, 3.05) is 13.1 Å². The van der Waals surface area contributed by atoms with E-state index in [9.17, 15) is 13.5 Å². The Hall–Kier alpha value is -0.910. The van der Waals surface area contributed by atoms with E-state index in [0.717, 1.165) is 12.0 Å². The number of rotatable bonds is 6. The van der Waals surface area contributed by atoms with Crippen LogP contribution in [0.3, 0.4) is 0 Å². The van der Waals surface area contributed by atoms with Crippen molar-refractivity contribution in [2.45, 2.75) is 38.2 Å². The molecule has 18 heavy (non-hydrogen) atoms. The van der Waals surface area contributed by atoms with E-state index in [2.05, 4.69) is 0 Å². The molecule has 0 heterocycles. The summed E-state index contributed by atoms with van der Waals surface area (Å²) in [5, 5.41) is 9.40. The Bertz CT molecular complexity index is 466. The highest BCUT2D eigenvalue weighted by molar-refractivity contribution is 7.89. The normalized spacial score (nSPS) is 13.8. The molecule has 0 aliphatic rings. The highest BCUT2D eigenvalue weighted by Gasteiger charge is 2.24. The lowest BCUT2D eigenvalue weighted by molar-refractivity contribution is 0.163. The molecule has 1 aromatic carbocycles. The number of aryl methyl sites for hydroxylation is 1. The third-order valence-electron chi connectivity index (χ3n) is 2.60. The standard InChI is InChI=1S/C13H21NO3S/c1-4-9-14(10-12(3)15)18(16,17)13-7-5-11(2)6-8-13/h5-8,12,15H,4,9-10H2,1-3H3/t12-/m0/s1. The second-order valence-electron chi connectivity index (χ2n) is 4.53. The van der Waals surface area contributed by atoms with E-state index in [4.69, 9.17) is 0 Å². The molecule has 0 amide bonds. The highest BCUT2D eigenvalue weighted by Crippen LogP contribution is 2.17. The third-order valence-corrected chi connectivity index (χ3v) is 4.48. The Morgan fingerprint density at radius 1 is 1.28 bits per heavy atom. The van der Waals surface area contributed by atoms with E-state index < -0.39 is 16.1 Å². The van der Waals surface area contributed by atoms with Crippen molar-refractivity contribution < 1.29 is 13.5 Å². The molecule has 0 aliphatic heterocycles. The van der Waals surface area contributed by atoms with Crippen LogP contribution in [-0.4, -0.2) is 37.0 Å². The molecule has 1 aromatic rings. The van der Waals surface area contributed by atoms with Gasteiger partial charge in [-0.3, -0.25) is 0 Å². The first-order chi connectivity index (χ1) is 8.37. The summed E-state index contributed by atoms with van der Waals surface area (Å²) in [7, 11) is -3.50. The maximum absolute atomic E-state index is 12.4. The topological polar surface area (TPSA) is 57.6 Å². The number of benzene rings is 1. The van der Waals surface area contributed by atoms with Crippen molar-refractivity contribution in [1.29, 1.82) is 0 Å². The Kier molecular flexibility index (Phi) is 5.31. The third kappa shape index (κ3) is 3.80. The van der Waals surface area contributed by atoms with Gasteiger partial charge in [-0.2, -0.15) is 4.31 Å². The molecule has 4 nitrogen and oxygen atoms in total. The van der Waals surface area contributed by atoms with Gasteiger partial charge in [0, 0.05) is 13.1 Å². The number of aliphatic hydroxyl groups is 1. The lowest BCUT2D eigenvalue weighted by Crippen LogP contribution is -2.37. The summed E-state index contributed by atoms with van der Waals surface area (Å²) in [5.41, 5.74) is 1.02. The van der Waals surface area contributed by atoms with E-state index in [1.165, 1.54) is 4.31 Å². The smallest absolute Gasteiger partial charge is 0.243 e. The van der Waals surface area contributed by atoms with Crippen LogP contribution in [0.25, 0.3) is 0 Å². The lowest BCUT2D eigenvalue weighted by atomic mass is 10.2. The minimum absolute atomic E-state index is 0.129. The summed E-state index contributed by atoms with van der Waals surface area (Å²) in [6, 6.07) is 6.77. The summed E-state index contributed by atoms with van der Waals surface area (Å²) in [6.07, 6.45) is 0.0504. The number of aliphatic hydroxyl groups excluding tert-OH is 1. The van der Waals surface area contributed by atoms with Crippen LogP contribution in [0.2, 0.25) is 0 Å². The molecule has 0 fully saturated rings. The maximum atomic E-state index is 12.4. The summed E-state index contributed by atoms with van der Waals surface area (Å²) in [6.45, 7) is 5.97. The predicted molar refractivity (Wildman–Crippen MR) is 71.9 cm³/mol. The zero-order chi connectivity index (χ0) is 13.8. The van der Waals surface area contributed by atoms with Crippen LogP contribution in [0.15, 0.2) is 29.2 Å². The van der Waals surface area contributed by atoms with Gasteiger partial charge >= 0.3 is 0 Å². The predicted octanol–water partition coefficient (Wildman–Crippen LogP) is 1.78. The van der Waals surface area contributed by atoms with Gasteiger partial charge in [-0.15, -0.1) is 0 Å². The van der Waals surface area contributed by atoms with Crippen LogP contribution < -0.4 is 0 Å². The van der Waals surface area contributed by atoms with Gasteiger partial charge in [-0.25, -0.2) is 8.42 Å². The van der Waals surface area contributed by atoms with E-state index in [1.54, 1.807) is 31.2 Å². The minimum atomic E-state index is -3.50. The van der Waals surface area contributed by atoms with Gasteiger partial charge in [-0.05, 0) is 32.4 Å². The molecular weight excluding hydrogens is 250 g/mol. The van der Waals surface area contributed by atoms with Gasteiger partial charge < -0.3 is 5.11 Å². The fraction of sp³-hybridized carbons (Fsp3) is 0.538. The van der Waals surface area contributed by atoms with Crippen molar-refractivity contribution in [3.63, 3.8) is 0 Å². The quantitative estimate of drug-likeness (QED) is 0.858. The molecule has 0 bridgehead atoms. The molecule has 0 unspecified atom stereocenters. The van der Waals surface area contributed by atoms with Gasteiger partial charge in [0.05, 0.1) is 11.0 Å². The van der Waals surface area contributed by atoms with Gasteiger partial charge in [0.1, 0.15) is 0 Å². The van der Waals surface area contributed by atoms with Crippen LogP contribution in [0.5, 0.6) is 0 Å². The van der Waals surface area contributed by atoms with Crippen molar-refractivity contribution in [1.82, 2.24) is 4.31 Å². The van der Waals surface area contributed by atoms with Gasteiger partial charge in [0.25, 0.3) is 0 Å². The Morgan fingerprint density at radius 2 is 1.83 bits per heavy atom. The van der Waals surface area contributed by atoms with E-state index in [-0.39, 0.29) is 11.4 Å². The van der Waals surface area contributed by atoms with Crippen LogP contribution in [0.1, 0.15) is 25.8 Å². The lowest BCUT2D eigenvalue weighted by Gasteiger charge is -2.23.